The van der Waals surface area contributed by atoms with Gasteiger partial charge in [0.2, 0.25) is 0 Å². The van der Waals surface area contributed by atoms with Crippen molar-refractivity contribution in [1.29, 1.82) is 0 Å². The molecule has 0 saturated carbocycles. The van der Waals surface area contributed by atoms with Crippen molar-refractivity contribution in [2.45, 2.75) is 11.1 Å². The van der Waals surface area contributed by atoms with Gasteiger partial charge >= 0.3 is 12.1 Å². The molecule has 0 atom stereocenters. The summed E-state index contributed by atoms with van der Waals surface area (Å²) in [4.78, 5) is 12.3. The van der Waals surface area contributed by atoms with Crippen molar-refractivity contribution in [3.8, 4) is 0 Å². The van der Waals surface area contributed by atoms with Crippen LogP contribution in [0.2, 0.25) is 0 Å². The molecular weight excluding hydrogens is 251 g/mol. The number of halogens is 3. The number of nitrogens with zero attached hydrogens (tertiary/aromatic N) is 1. The topological polar surface area (TPSA) is 20.3 Å². The predicted octanol–water partition coefficient (Wildman–Crippen LogP) is 3.45. The van der Waals surface area contributed by atoms with E-state index in [1.807, 2.05) is 0 Å². The van der Waals surface area contributed by atoms with Crippen molar-refractivity contribution < 1.29 is 18.0 Å². The second kappa shape index (κ2) is 5.27. The Hall–Kier alpha value is -1.43. The zero-order valence-corrected chi connectivity index (χ0v) is 9.81. The van der Waals surface area contributed by atoms with Gasteiger partial charge in [-0.1, -0.05) is 18.7 Å². The van der Waals surface area contributed by atoms with Gasteiger partial charge in [0.25, 0.3) is 0 Å². The van der Waals surface area contributed by atoms with Gasteiger partial charge < -0.3 is 0 Å². The Morgan fingerprint density at radius 3 is 2.47 bits per heavy atom. The summed E-state index contributed by atoms with van der Waals surface area (Å²) in [5.74, 6) is -1.95. The molecule has 17 heavy (non-hydrogen) atoms. The number of hydrogen-bond acceptors (Lipinski definition) is 2. The molecule has 0 aliphatic rings. The summed E-state index contributed by atoms with van der Waals surface area (Å²) in [6.45, 7) is 3.24. The lowest BCUT2D eigenvalue weighted by Gasteiger charge is -2.21. The van der Waals surface area contributed by atoms with E-state index in [0.717, 1.165) is 6.20 Å². The maximum absolute atomic E-state index is 12.4. The van der Waals surface area contributed by atoms with Gasteiger partial charge in [-0.05, 0) is 18.4 Å². The minimum absolute atomic E-state index is 0.178. The third-order valence-corrected chi connectivity index (χ3v) is 2.77. The van der Waals surface area contributed by atoms with Crippen LogP contribution in [0.25, 0.3) is 0 Å². The molecule has 1 amide bonds. The minimum atomic E-state index is -4.92. The van der Waals surface area contributed by atoms with Gasteiger partial charge in [0.1, 0.15) is 0 Å². The lowest BCUT2D eigenvalue weighted by atomic mass is 10.3. The van der Waals surface area contributed by atoms with Crippen LogP contribution in [0.3, 0.4) is 0 Å². The number of thioether (sulfide) groups is 1. The average molecular weight is 261 g/mol. The Kier molecular flexibility index (Phi) is 4.22. The summed E-state index contributed by atoms with van der Waals surface area (Å²) in [5.41, 5.74) is 0.178. The fraction of sp³-hybridized carbons (Fsp3) is 0.182. The third kappa shape index (κ3) is 3.03. The van der Waals surface area contributed by atoms with Crippen LogP contribution in [0.15, 0.2) is 41.9 Å². The molecule has 1 rings (SSSR count). The fourth-order valence-corrected chi connectivity index (χ4v) is 1.85. The number of alkyl halides is 3. The first-order valence-electron chi connectivity index (χ1n) is 4.57. The number of carbonyl (C=O) groups is 1. The molecule has 0 aliphatic heterocycles. The molecule has 0 N–H and O–H groups in total. The van der Waals surface area contributed by atoms with E-state index >= 15 is 0 Å². The molecule has 0 unspecified atom stereocenters. The summed E-state index contributed by atoms with van der Waals surface area (Å²) in [6, 6.07) is 6.33. The van der Waals surface area contributed by atoms with E-state index in [-0.39, 0.29) is 5.69 Å². The zero-order valence-electron chi connectivity index (χ0n) is 8.99. The molecular formula is C11H10F3NOS. The molecule has 0 saturated heterocycles. The van der Waals surface area contributed by atoms with Crippen LogP contribution in [-0.2, 0) is 4.79 Å². The molecule has 0 aliphatic carbocycles. The van der Waals surface area contributed by atoms with Crippen molar-refractivity contribution in [3.05, 3.63) is 37.0 Å². The highest BCUT2D eigenvalue weighted by atomic mass is 32.2. The lowest BCUT2D eigenvalue weighted by molar-refractivity contribution is -0.169. The van der Waals surface area contributed by atoms with Gasteiger partial charge in [0.05, 0.1) is 5.69 Å². The van der Waals surface area contributed by atoms with E-state index in [9.17, 15) is 18.0 Å². The number of carbonyl (C=O) groups excluding carboxylic acids is 1. The van der Waals surface area contributed by atoms with Gasteiger partial charge in [-0.15, -0.1) is 11.8 Å². The second-order valence-corrected chi connectivity index (χ2v) is 3.88. The molecule has 6 heteroatoms. The van der Waals surface area contributed by atoms with Gasteiger partial charge in [0.15, 0.2) is 0 Å². The van der Waals surface area contributed by atoms with Crippen molar-refractivity contribution in [2.24, 2.45) is 0 Å². The van der Waals surface area contributed by atoms with Crippen LogP contribution in [0.5, 0.6) is 0 Å². The summed E-state index contributed by atoms with van der Waals surface area (Å²) < 4.78 is 37.1. The number of benzene rings is 1. The lowest BCUT2D eigenvalue weighted by Crippen LogP contribution is -2.37. The average Bonchev–Trinajstić information content (AvgIpc) is 2.29. The van der Waals surface area contributed by atoms with Crippen LogP contribution in [-0.4, -0.2) is 18.3 Å². The molecule has 0 aromatic heterocycles. The molecule has 0 radical (unpaired) electrons. The standard InChI is InChI=1S/C11H10F3NOS/c1-3-15(10(16)11(12,13)14)8-6-4-5-7-9(8)17-2/h3-7H,1H2,2H3. The van der Waals surface area contributed by atoms with E-state index in [1.165, 1.54) is 17.8 Å². The first kappa shape index (κ1) is 13.6. The van der Waals surface area contributed by atoms with E-state index in [0.29, 0.717) is 9.80 Å². The van der Waals surface area contributed by atoms with Crippen LogP contribution in [0, 0.1) is 0 Å². The Balaban J connectivity index is 3.19. The van der Waals surface area contributed by atoms with Crippen LogP contribution in [0.1, 0.15) is 0 Å². The Morgan fingerprint density at radius 2 is 2.00 bits per heavy atom. The van der Waals surface area contributed by atoms with E-state index < -0.39 is 12.1 Å². The summed E-state index contributed by atoms with van der Waals surface area (Å²) in [5, 5.41) is 0. The van der Waals surface area contributed by atoms with Gasteiger partial charge in [-0.25, -0.2) is 0 Å². The first-order valence-corrected chi connectivity index (χ1v) is 5.80. The summed E-state index contributed by atoms with van der Waals surface area (Å²) >= 11 is 1.26. The number of amides is 1. The predicted molar refractivity (Wildman–Crippen MR) is 62.0 cm³/mol. The van der Waals surface area contributed by atoms with E-state index in [2.05, 4.69) is 6.58 Å². The normalized spacial score (nSPS) is 11.1. The molecule has 1 aromatic carbocycles. The molecule has 0 heterocycles. The second-order valence-electron chi connectivity index (χ2n) is 3.03. The Morgan fingerprint density at radius 1 is 1.41 bits per heavy atom. The summed E-state index contributed by atoms with van der Waals surface area (Å²) in [6.07, 6.45) is -2.33. The van der Waals surface area contributed by atoms with Crippen molar-refractivity contribution in [2.75, 3.05) is 11.2 Å². The highest BCUT2D eigenvalue weighted by Crippen LogP contribution is 2.31. The molecule has 0 spiro atoms. The van der Waals surface area contributed by atoms with Crippen molar-refractivity contribution in [3.63, 3.8) is 0 Å². The maximum atomic E-state index is 12.4. The van der Waals surface area contributed by atoms with Crippen molar-refractivity contribution in [1.82, 2.24) is 0 Å². The number of anilines is 1. The molecule has 0 fully saturated rings. The number of hydrogen-bond donors (Lipinski definition) is 0. The molecule has 1 aromatic rings. The van der Waals surface area contributed by atoms with Crippen LogP contribution >= 0.6 is 11.8 Å². The SMILES string of the molecule is C=CN(C(=O)C(F)(F)F)c1ccccc1SC. The highest BCUT2D eigenvalue weighted by Gasteiger charge is 2.42. The first-order chi connectivity index (χ1) is 7.91. The monoisotopic (exact) mass is 261 g/mol. The largest absolute Gasteiger partial charge is 0.472 e. The smallest absolute Gasteiger partial charge is 0.280 e. The fourth-order valence-electron chi connectivity index (χ4n) is 1.26. The number of rotatable bonds is 3. The van der Waals surface area contributed by atoms with E-state index in [4.69, 9.17) is 0 Å². The van der Waals surface area contributed by atoms with Crippen LogP contribution < -0.4 is 4.90 Å². The number of para-hydroxylation sites is 1. The summed E-state index contributed by atoms with van der Waals surface area (Å²) in [7, 11) is 0. The van der Waals surface area contributed by atoms with Gasteiger partial charge in [0, 0.05) is 11.1 Å². The van der Waals surface area contributed by atoms with Crippen molar-refractivity contribution >= 4 is 23.4 Å². The zero-order chi connectivity index (χ0) is 13.1. The van der Waals surface area contributed by atoms with Gasteiger partial charge in [-0.3, -0.25) is 9.69 Å². The van der Waals surface area contributed by atoms with Crippen LogP contribution in [0.4, 0.5) is 18.9 Å². The Bertz CT molecular complexity index is 431. The Labute approximate surface area is 101 Å². The molecule has 92 valence electrons. The maximum Gasteiger partial charge on any atom is 0.472 e. The third-order valence-electron chi connectivity index (χ3n) is 1.99. The highest BCUT2D eigenvalue weighted by molar-refractivity contribution is 7.98. The molecule has 2 nitrogen and oxygen atoms in total. The quantitative estimate of drug-likeness (QED) is 0.777. The molecule has 0 bridgehead atoms. The van der Waals surface area contributed by atoms with Gasteiger partial charge in [-0.2, -0.15) is 13.2 Å². The minimum Gasteiger partial charge on any atom is -0.280 e. The van der Waals surface area contributed by atoms with E-state index in [1.54, 1.807) is 24.5 Å².